The SMILES string of the molecule is CN1CCc2cc(Cl)c(Nc3ncc(C(N)=O)c(Nc4cccc5c4CCNC5=O)n3)cc2C1. The van der Waals surface area contributed by atoms with Crippen molar-refractivity contribution in [1.82, 2.24) is 20.2 Å². The second-order valence-corrected chi connectivity index (χ2v) is 8.90. The lowest BCUT2D eigenvalue weighted by molar-refractivity contribution is 0.0944. The van der Waals surface area contributed by atoms with Crippen LogP contribution in [0.4, 0.5) is 23.1 Å². The van der Waals surface area contributed by atoms with E-state index in [-0.39, 0.29) is 23.2 Å². The molecule has 0 spiro atoms. The van der Waals surface area contributed by atoms with Gasteiger partial charge in [-0.2, -0.15) is 4.98 Å². The number of nitrogens with zero attached hydrogens (tertiary/aromatic N) is 3. The van der Waals surface area contributed by atoms with Crippen LogP contribution in [0.15, 0.2) is 36.5 Å². The first-order valence-electron chi connectivity index (χ1n) is 11.0. The third-order valence-electron chi connectivity index (χ3n) is 6.13. The number of benzene rings is 2. The standard InChI is InChI=1S/C24H24ClN7O2/c1-32-8-6-13-9-18(25)20(10-14(13)12-32)30-24-28-11-17(21(26)33)22(31-24)29-19-4-2-3-16-15(19)5-7-27-23(16)34/h2-4,9-11H,5-8,12H2,1H3,(H2,26,33)(H,27,34)(H2,28,29,30,31). The van der Waals surface area contributed by atoms with Crippen LogP contribution in [0.5, 0.6) is 0 Å². The molecule has 0 radical (unpaired) electrons. The van der Waals surface area contributed by atoms with Crippen LogP contribution in [0.1, 0.15) is 37.4 Å². The van der Waals surface area contributed by atoms with Gasteiger partial charge in [0.25, 0.3) is 11.8 Å². The number of hydrogen-bond donors (Lipinski definition) is 4. The molecule has 0 atom stereocenters. The highest BCUT2D eigenvalue weighted by atomic mass is 35.5. The lowest BCUT2D eigenvalue weighted by atomic mass is 9.98. The van der Waals surface area contributed by atoms with Gasteiger partial charge in [-0.15, -0.1) is 0 Å². The summed E-state index contributed by atoms with van der Waals surface area (Å²) in [4.78, 5) is 35.3. The Morgan fingerprint density at radius 1 is 1.18 bits per heavy atom. The molecule has 3 heterocycles. The molecule has 0 saturated heterocycles. The molecule has 2 amide bonds. The Hall–Kier alpha value is -3.69. The normalized spacial score (nSPS) is 15.2. The maximum absolute atomic E-state index is 12.2. The summed E-state index contributed by atoms with van der Waals surface area (Å²) in [6.07, 6.45) is 2.98. The van der Waals surface area contributed by atoms with Crippen LogP contribution in [-0.4, -0.2) is 46.8 Å². The summed E-state index contributed by atoms with van der Waals surface area (Å²) in [5.41, 5.74) is 11.0. The molecule has 5 N–H and O–H groups in total. The van der Waals surface area contributed by atoms with Crippen molar-refractivity contribution in [3.05, 3.63) is 69.4 Å². The molecule has 2 aliphatic rings. The Balaban J connectivity index is 1.48. The summed E-state index contributed by atoms with van der Waals surface area (Å²) in [5, 5.41) is 9.76. The number of primary amides is 1. The molecule has 3 aromatic rings. The highest BCUT2D eigenvalue weighted by Gasteiger charge is 2.21. The van der Waals surface area contributed by atoms with Gasteiger partial charge in [0.2, 0.25) is 5.95 Å². The second kappa shape index (κ2) is 8.92. The number of aromatic nitrogens is 2. The van der Waals surface area contributed by atoms with Gasteiger partial charge in [0.15, 0.2) is 0 Å². The number of halogens is 1. The van der Waals surface area contributed by atoms with Crippen LogP contribution in [0.2, 0.25) is 5.02 Å². The molecule has 0 bridgehead atoms. The molecule has 1 aromatic heterocycles. The van der Waals surface area contributed by atoms with Gasteiger partial charge in [0.1, 0.15) is 11.4 Å². The Morgan fingerprint density at radius 3 is 2.85 bits per heavy atom. The van der Waals surface area contributed by atoms with Crippen molar-refractivity contribution in [2.45, 2.75) is 19.4 Å². The van der Waals surface area contributed by atoms with Gasteiger partial charge in [0, 0.05) is 37.1 Å². The molecule has 9 nitrogen and oxygen atoms in total. The van der Waals surface area contributed by atoms with Crippen molar-refractivity contribution in [2.75, 3.05) is 30.8 Å². The molecule has 0 aliphatic carbocycles. The van der Waals surface area contributed by atoms with E-state index in [1.807, 2.05) is 18.2 Å². The van der Waals surface area contributed by atoms with Crippen LogP contribution in [-0.2, 0) is 19.4 Å². The molecular weight excluding hydrogens is 454 g/mol. The monoisotopic (exact) mass is 477 g/mol. The first-order chi connectivity index (χ1) is 16.4. The van der Waals surface area contributed by atoms with Gasteiger partial charge in [0.05, 0.1) is 10.7 Å². The van der Waals surface area contributed by atoms with Gasteiger partial charge in [-0.3, -0.25) is 9.59 Å². The lowest BCUT2D eigenvalue weighted by Gasteiger charge is -2.26. The van der Waals surface area contributed by atoms with Crippen LogP contribution in [0.3, 0.4) is 0 Å². The van der Waals surface area contributed by atoms with E-state index in [0.29, 0.717) is 34.9 Å². The lowest BCUT2D eigenvalue weighted by Crippen LogP contribution is -2.32. The number of amides is 2. The van der Waals surface area contributed by atoms with E-state index in [1.165, 1.54) is 17.3 Å². The first-order valence-corrected chi connectivity index (χ1v) is 11.4. The summed E-state index contributed by atoms with van der Waals surface area (Å²) in [5.74, 6) is -0.275. The predicted octanol–water partition coefficient (Wildman–Crippen LogP) is 2.99. The summed E-state index contributed by atoms with van der Waals surface area (Å²) < 4.78 is 0. The fourth-order valence-electron chi connectivity index (χ4n) is 4.36. The highest BCUT2D eigenvalue weighted by molar-refractivity contribution is 6.33. The summed E-state index contributed by atoms with van der Waals surface area (Å²) >= 11 is 6.53. The Kier molecular flexibility index (Phi) is 5.80. The fraction of sp³-hybridized carbons (Fsp3) is 0.250. The van der Waals surface area contributed by atoms with Crippen molar-refractivity contribution in [3.8, 4) is 0 Å². The molecule has 5 rings (SSSR count). The van der Waals surface area contributed by atoms with Gasteiger partial charge in [-0.05, 0) is 60.8 Å². The van der Waals surface area contributed by atoms with E-state index < -0.39 is 5.91 Å². The molecule has 10 heteroatoms. The Morgan fingerprint density at radius 2 is 2.03 bits per heavy atom. The maximum atomic E-state index is 12.2. The average Bonchev–Trinajstić information content (AvgIpc) is 2.80. The summed E-state index contributed by atoms with van der Waals surface area (Å²) in [6, 6.07) is 9.38. The molecular formula is C24H24ClN7O2. The van der Waals surface area contributed by atoms with Gasteiger partial charge in [-0.1, -0.05) is 17.7 Å². The third kappa shape index (κ3) is 4.27. The molecule has 0 fully saturated rings. The average molecular weight is 478 g/mol. The Labute approximate surface area is 201 Å². The number of nitrogens with two attached hydrogens (primary N) is 1. The number of fused-ring (bicyclic) bond motifs is 2. The minimum atomic E-state index is -0.661. The maximum Gasteiger partial charge on any atom is 0.254 e. The zero-order chi connectivity index (χ0) is 23.8. The summed E-state index contributed by atoms with van der Waals surface area (Å²) in [6.45, 7) is 2.37. The smallest absolute Gasteiger partial charge is 0.254 e. The van der Waals surface area contributed by atoms with E-state index in [1.54, 1.807) is 12.1 Å². The minimum absolute atomic E-state index is 0.127. The topological polar surface area (TPSA) is 125 Å². The molecule has 34 heavy (non-hydrogen) atoms. The predicted molar refractivity (Wildman–Crippen MR) is 131 cm³/mol. The minimum Gasteiger partial charge on any atom is -0.365 e. The molecule has 2 aromatic carbocycles. The molecule has 2 aliphatic heterocycles. The number of rotatable bonds is 5. The van der Waals surface area contributed by atoms with Crippen molar-refractivity contribution >= 4 is 46.6 Å². The van der Waals surface area contributed by atoms with Crippen LogP contribution >= 0.6 is 11.6 Å². The highest BCUT2D eigenvalue weighted by Crippen LogP contribution is 2.32. The second-order valence-electron chi connectivity index (χ2n) is 8.50. The van der Waals surface area contributed by atoms with Gasteiger partial charge < -0.3 is 26.6 Å². The number of likely N-dealkylation sites (N-methyl/N-ethyl adjacent to an activating group) is 1. The number of nitrogens with one attached hydrogen (secondary N) is 3. The fourth-order valence-corrected chi connectivity index (χ4v) is 4.60. The molecule has 174 valence electrons. The number of carbonyl (C=O) groups is 2. The Bertz CT molecular complexity index is 1310. The van der Waals surface area contributed by atoms with Crippen LogP contribution in [0, 0.1) is 0 Å². The molecule has 0 saturated carbocycles. The number of anilines is 4. The van der Waals surface area contributed by atoms with Crippen LogP contribution < -0.4 is 21.7 Å². The zero-order valence-corrected chi connectivity index (χ0v) is 19.4. The molecule has 0 unspecified atom stereocenters. The number of hydrogen-bond acceptors (Lipinski definition) is 7. The van der Waals surface area contributed by atoms with Gasteiger partial charge >= 0.3 is 0 Å². The van der Waals surface area contributed by atoms with Gasteiger partial charge in [-0.25, -0.2) is 4.98 Å². The zero-order valence-electron chi connectivity index (χ0n) is 18.6. The first kappa shape index (κ1) is 22.1. The van der Waals surface area contributed by atoms with Crippen molar-refractivity contribution < 1.29 is 9.59 Å². The number of carbonyl (C=O) groups excluding carboxylic acids is 2. The van der Waals surface area contributed by atoms with Crippen molar-refractivity contribution in [1.29, 1.82) is 0 Å². The van der Waals surface area contributed by atoms with Crippen molar-refractivity contribution in [2.24, 2.45) is 5.73 Å². The van der Waals surface area contributed by atoms with Crippen LogP contribution in [0.25, 0.3) is 0 Å². The van der Waals surface area contributed by atoms with E-state index in [9.17, 15) is 9.59 Å². The van der Waals surface area contributed by atoms with E-state index in [0.717, 1.165) is 25.1 Å². The quantitative estimate of drug-likeness (QED) is 0.445. The van der Waals surface area contributed by atoms with Crippen molar-refractivity contribution in [3.63, 3.8) is 0 Å². The summed E-state index contributed by atoms with van der Waals surface area (Å²) in [7, 11) is 2.08. The van der Waals surface area contributed by atoms with E-state index in [4.69, 9.17) is 17.3 Å². The van der Waals surface area contributed by atoms with E-state index in [2.05, 4.69) is 37.9 Å². The largest absolute Gasteiger partial charge is 0.365 e. The third-order valence-corrected chi connectivity index (χ3v) is 6.44. The van der Waals surface area contributed by atoms with E-state index >= 15 is 0 Å².